The van der Waals surface area contributed by atoms with Crippen molar-refractivity contribution in [2.75, 3.05) is 31.2 Å². The summed E-state index contributed by atoms with van der Waals surface area (Å²) in [7, 11) is 1.86. The lowest BCUT2D eigenvalue weighted by atomic mass is 10.0. The summed E-state index contributed by atoms with van der Waals surface area (Å²) in [5, 5.41) is 13.2. The van der Waals surface area contributed by atoms with Crippen LogP contribution in [0.5, 0.6) is 0 Å². The lowest BCUT2D eigenvalue weighted by Gasteiger charge is -2.28. The molecule has 2 rings (SSSR count). The van der Waals surface area contributed by atoms with Crippen molar-refractivity contribution in [3.63, 3.8) is 0 Å². The molecular weight excluding hydrogens is 266 g/mol. The summed E-state index contributed by atoms with van der Waals surface area (Å²) in [6, 6.07) is 5.49. The molecule has 1 saturated carbocycles. The van der Waals surface area contributed by atoms with Crippen molar-refractivity contribution >= 4 is 17.3 Å². The van der Waals surface area contributed by atoms with Crippen LogP contribution in [0.25, 0.3) is 0 Å². The summed E-state index contributed by atoms with van der Waals surface area (Å²) in [5.74, 6) is -0.0950. The molecule has 1 aromatic rings. The fourth-order valence-electron chi connectivity index (χ4n) is 2.91. The Morgan fingerprint density at radius 2 is 2.10 bits per heavy atom. The average molecular weight is 291 g/mol. The van der Waals surface area contributed by atoms with Crippen molar-refractivity contribution < 1.29 is 9.90 Å². The molecule has 1 amide bonds. The third-order valence-corrected chi connectivity index (χ3v) is 4.08. The highest BCUT2D eigenvalue weighted by Gasteiger charge is 2.32. The molecule has 1 aromatic carbocycles. The molecule has 5 nitrogen and oxygen atoms in total. The Morgan fingerprint density at radius 3 is 2.71 bits per heavy atom. The van der Waals surface area contributed by atoms with E-state index in [1.807, 2.05) is 31.0 Å². The molecule has 1 aliphatic carbocycles. The van der Waals surface area contributed by atoms with Gasteiger partial charge in [0.25, 0.3) is 0 Å². The Bertz CT molecular complexity index is 510. The number of likely N-dealkylation sites (N-methyl/N-ethyl adjacent to an activating group) is 1. The van der Waals surface area contributed by atoms with E-state index in [1.54, 1.807) is 6.07 Å². The predicted molar refractivity (Wildman–Crippen MR) is 85.1 cm³/mol. The molecule has 116 valence electrons. The van der Waals surface area contributed by atoms with Gasteiger partial charge in [-0.25, -0.2) is 0 Å². The summed E-state index contributed by atoms with van der Waals surface area (Å²) in [6.45, 7) is 2.73. The number of anilines is 2. The Hall–Kier alpha value is -1.59. The number of nitrogen functional groups attached to an aromatic ring is 1. The van der Waals surface area contributed by atoms with E-state index in [9.17, 15) is 9.90 Å². The van der Waals surface area contributed by atoms with E-state index in [4.69, 9.17) is 5.73 Å². The van der Waals surface area contributed by atoms with Crippen LogP contribution in [0.15, 0.2) is 18.2 Å². The van der Waals surface area contributed by atoms with Crippen molar-refractivity contribution in [2.45, 2.75) is 38.2 Å². The standard InChI is InChI=1S/C16H25N3O2/c1-12-5-6-13(9-14(12)17)18-15(20)10-19(2)11-16(21)7-3-4-8-16/h5-6,9,21H,3-4,7-8,10-11,17H2,1-2H3,(H,18,20). The van der Waals surface area contributed by atoms with Crippen molar-refractivity contribution in [2.24, 2.45) is 0 Å². The molecule has 0 unspecified atom stereocenters. The van der Waals surface area contributed by atoms with Crippen LogP contribution < -0.4 is 11.1 Å². The highest BCUT2D eigenvalue weighted by molar-refractivity contribution is 5.92. The van der Waals surface area contributed by atoms with Crippen LogP contribution >= 0.6 is 0 Å². The van der Waals surface area contributed by atoms with Gasteiger partial charge in [-0.2, -0.15) is 0 Å². The fraction of sp³-hybridized carbons (Fsp3) is 0.562. The van der Waals surface area contributed by atoms with E-state index in [0.717, 1.165) is 31.2 Å². The number of aliphatic hydroxyl groups is 1. The number of amides is 1. The first kappa shape index (κ1) is 15.8. The van der Waals surface area contributed by atoms with Crippen LogP contribution in [0.3, 0.4) is 0 Å². The number of aryl methyl sites for hydroxylation is 1. The van der Waals surface area contributed by atoms with Gasteiger partial charge in [-0.1, -0.05) is 18.9 Å². The first-order valence-electron chi connectivity index (χ1n) is 7.45. The summed E-state index contributed by atoms with van der Waals surface area (Å²) in [6.07, 6.45) is 3.79. The predicted octanol–water partition coefficient (Wildman–Crippen LogP) is 1.75. The Kier molecular flexibility index (Phi) is 4.85. The number of nitrogens with two attached hydrogens (primary N) is 1. The second kappa shape index (κ2) is 6.45. The Morgan fingerprint density at radius 1 is 1.43 bits per heavy atom. The fourth-order valence-corrected chi connectivity index (χ4v) is 2.91. The molecule has 4 N–H and O–H groups in total. The maximum Gasteiger partial charge on any atom is 0.238 e. The summed E-state index contributed by atoms with van der Waals surface area (Å²) < 4.78 is 0. The molecule has 0 heterocycles. The maximum absolute atomic E-state index is 12.0. The van der Waals surface area contributed by atoms with Gasteiger partial charge < -0.3 is 16.2 Å². The van der Waals surface area contributed by atoms with E-state index < -0.39 is 5.60 Å². The molecule has 0 atom stereocenters. The van der Waals surface area contributed by atoms with Gasteiger partial charge in [0.1, 0.15) is 0 Å². The van der Waals surface area contributed by atoms with Crippen molar-refractivity contribution in [3.05, 3.63) is 23.8 Å². The zero-order chi connectivity index (χ0) is 15.5. The minimum Gasteiger partial charge on any atom is -0.398 e. The van der Waals surface area contributed by atoms with Gasteiger partial charge in [-0.05, 0) is 44.5 Å². The van der Waals surface area contributed by atoms with Crippen LogP contribution in [-0.2, 0) is 4.79 Å². The third kappa shape index (κ3) is 4.44. The van der Waals surface area contributed by atoms with Crippen molar-refractivity contribution in [3.8, 4) is 0 Å². The highest BCUT2D eigenvalue weighted by atomic mass is 16.3. The monoisotopic (exact) mass is 291 g/mol. The van der Waals surface area contributed by atoms with E-state index in [2.05, 4.69) is 5.32 Å². The Balaban J connectivity index is 1.84. The molecular formula is C16H25N3O2. The Labute approximate surface area is 126 Å². The molecule has 1 aliphatic rings. The van der Waals surface area contributed by atoms with E-state index in [-0.39, 0.29) is 12.5 Å². The number of carbonyl (C=O) groups excluding carboxylic acids is 1. The molecule has 1 fully saturated rings. The molecule has 0 aliphatic heterocycles. The van der Waals surface area contributed by atoms with E-state index in [0.29, 0.717) is 17.9 Å². The topological polar surface area (TPSA) is 78.6 Å². The lowest BCUT2D eigenvalue weighted by Crippen LogP contribution is -2.42. The number of nitrogens with zero attached hydrogens (tertiary/aromatic N) is 1. The zero-order valence-electron chi connectivity index (χ0n) is 12.9. The lowest BCUT2D eigenvalue weighted by molar-refractivity contribution is -0.117. The SMILES string of the molecule is Cc1ccc(NC(=O)CN(C)CC2(O)CCCC2)cc1N. The highest BCUT2D eigenvalue weighted by Crippen LogP contribution is 2.29. The van der Waals surface area contributed by atoms with Gasteiger partial charge in [0.2, 0.25) is 5.91 Å². The van der Waals surface area contributed by atoms with Gasteiger partial charge >= 0.3 is 0 Å². The second-order valence-electron chi connectivity index (χ2n) is 6.22. The molecule has 5 heteroatoms. The van der Waals surface area contributed by atoms with Crippen molar-refractivity contribution in [1.82, 2.24) is 4.90 Å². The van der Waals surface area contributed by atoms with E-state index in [1.165, 1.54) is 0 Å². The molecule has 0 aromatic heterocycles. The number of carbonyl (C=O) groups is 1. The smallest absolute Gasteiger partial charge is 0.238 e. The van der Waals surface area contributed by atoms with E-state index >= 15 is 0 Å². The van der Waals surface area contributed by atoms with Gasteiger partial charge in [-0.3, -0.25) is 9.69 Å². The van der Waals surface area contributed by atoms with Crippen LogP contribution in [0.4, 0.5) is 11.4 Å². The summed E-state index contributed by atoms with van der Waals surface area (Å²) in [4.78, 5) is 13.9. The largest absolute Gasteiger partial charge is 0.398 e. The summed E-state index contributed by atoms with van der Waals surface area (Å²) >= 11 is 0. The van der Waals surface area contributed by atoms with Crippen LogP contribution in [-0.4, -0.2) is 41.7 Å². The van der Waals surface area contributed by atoms with Gasteiger partial charge in [0.15, 0.2) is 0 Å². The van der Waals surface area contributed by atoms with Crippen molar-refractivity contribution in [1.29, 1.82) is 0 Å². The minimum absolute atomic E-state index is 0.0950. The number of rotatable bonds is 5. The molecule has 21 heavy (non-hydrogen) atoms. The first-order valence-corrected chi connectivity index (χ1v) is 7.45. The van der Waals surface area contributed by atoms with Crippen LogP contribution in [0.2, 0.25) is 0 Å². The van der Waals surface area contributed by atoms with Gasteiger partial charge in [-0.15, -0.1) is 0 Å². The molecule has 0 spiro atoms. The van der Waals surface area contributed by atoms with Crippen LogP contribution in [0.1, 0.15) is 31.2 Å². The first-order chi connectivity index (χ1) is 9.88. The number of hydrogen-bond donors (Lipinski definition) is 3. The number of hydrogen-bond acceptors (Lipinski definition) is 4. The second-order valence-corrected chi connectivity index (χ2v) is 6.22. The summed E-state index contributed by atoms with van der Waals surface area (Å²) in [5.41, 5.74) is 7.57. The average Bonchev–Trinajstić information content (AvgIpc) is 2.79. The number of nitrogens with one attached hydrogen (secondary N) is 1. The normalized spacial score (nSPS) is 17.1. The molecule has 0 bridgehead atoms. The van der Waals surface area contributed by atoms with Gasteiger partial charge in [0, 0.05) is 17.9 Å². The third-order valence-electron chi connectivity index (χ3n) is 4.08. The maximum atomic E-state index is 12.0. The zero-order valence-corrected chi connectivity index (χ0v) is 12.9. The quantitative estimate of drug-likeness (QED) is 0.722. The molecule has 0 radical (unpaired) electrons. The molecule has 0 saturated heterocycles. The number of benzene rings is 1. The minimum atomic E-state index is -0.622. The van der Waals surface area contributed by atoms with Gasteiger partial charge in [0.05, 0.1) is 12.1 Å². The van der Waals surface area contributed by atoms with Crippen LogP contribution in [0, 0.1) is 6.92 Å².